The molecule has 0 bridgehead atoms. The van der Waals surface area contributed by atoms with E-state index in [9.17, 15) is 13.2 Å². The van der Waals surface area contributed by atoms with Crippen molar-refractivity contribution in [1.29, 1.82) is 0 Å². The molecule has 1 heterocycles. The first kappa shape index (κ1) is 25.7. The molecule has 0 saturated carbocycles. The fourth-order valence-electron chi connectivity index (χ4n) is 4.03. The number of aromatic nitrogens is 2. The lowest BCUT2D eigenvalue weighted by atomic mass is 10.1. The van der Waals surface area contributed by atoms with Crippen molar-refractivity contribution < 1.29 is 13.2 Å². The molecule has 0 N–H and O–H groups in total. The zero-order chi connectivity index (χ0) is 24.9. The van der Waals surface area contributed by atoms with Crippen LogP contribution in [0.2, 0.25) is 0 Å². The summed E-state index contributed by atoms with van der Waals surface area (Å²) in [6.45, 7) is 11.5. The summed E-state index contributed by atoms with van der Waals surface area (Å²) in [4.78, 5) is 19.4. The van der Waals surface area contributed by atoms with Gasteiger partial charge in [-0.1, -0.05) is 75.7 Å². The highest BCUT2D eigenvalue weighted by Crippen LogP contribution is 2.22. The smallest absolute Gasteiger partial charge is 0.254 e. The highest BCUT2D eigenvalue weighted by atomic mass is 32.2. The van der Waals surface area contributed by atoms with Gasteiger partial charge in [0.15, 0.2) is 0 Å². The first-order valence-electron chi connectivity index (χ1n) is 11.7. The summed E-state index contributed by atoms with van der Waals surface area (Å²) in [5.41, 5.74) is 3.09. The number of carbonyl (C=O) groups excluding carboxylic acids is 1. The summed E-state index contributed by atoms with van der Waals surface area (Å²) in [7, 11) is -3.67. The van der Waals surface area contributed by atoms with Crippen LogP contribution in [0, 0.1) is 18.8 Å². The fourth-order valence-corrected chi connectivity index (χ4v) is 5.52. The van der Waals surface area contributed by atoms with Gasteiger partial charge in [0.2, 0.25) is 15.0 Å². The summed E-state index contributed by atoms with van der Waals surface area (Å²) in [6, 6.07) is 16.7. The van der Waals surface area contributed by atoms with E-state index in [0.717, 1.165) is 16.8 Å². The monoisotopic (exact) mass is 481 g/mol. The molecule has 1 aromatic heterocycles. The van der Waals surface area contributed by atoms with Crippen molar-refractivity contribution in [3.63, 3.8) is 0 Å². The van der Waals surface area contributed by atoms with Crippen molar-refractivity contribution in [2.75, 3.05) is 6.54 Å². The Hall–Kier alpha value is -2.93. The van der Waals surface area contributed by atoms with Crippen molar-refractivity contribution in [2.45, 2.75) is 58.6 Å². The number of hydrogen-bond acceptors (Lipinski definition) is 4. The zero-order valence-electron chi connectivity index (χ0n) is 20.7. The van der Waals surface area contributed by atoms with E-state index >= 15 is 0 Å². The maximum Gasteiger partial charge on any atom is 0.254 e. The number of aryl methyl sites for hydroxylation is 1. The van der Waals surface area contributed by atoms with E-state index < -0.39 is 9.84 Å². The third-order valence-corrected chi connectivity index (χ3v) is 7.01. The Labute approximate surface area is 203 Å². The Morgan fingerprint density at radius 1 is 1.00 bits per heavy atom. The number of sulfone groups is 1. The number of nitrogens with zero attached hydrogens (tertiary/aromatic N) is 3. The first-order valence-corrected chi connectivity index (χ1v) is 13.4. The van der Waals surface area contributed by atoms with Crippen LogP contribution in [0.1, 0.15) is 54.9 Å². The number of rotatable bonds is 10. The molecule has 0 radical (unpaired) electrons. The Morgan fingerprint density at radius 3 is 2.32 bits per heavy atom. The van der Waals surface area contributed by atoms with E-state index in [1.807, 2.05) is 63.2 Å². The van der Waals surface area contributed by atoms with Crippen LogP contribution in [0.25, 0.3) is 0 Å². The van der Waals surface area contributed by atoms with Crippen molar-refractivity contribution >= 4 is 15.7 Å². The quantitative estimate of drug-likeness (QED) is 0.403. The van der Waals surface area contributed by atoms with Crippen LogP contribution in [0.3, 0.4) is 0 Å². The van der Waals surface area contributed by atoms with E-state index in [1.165, 1.54) is 0 Å². The number of imidazole rings is 1. The third-order valence-electron chi connectivity index (χ3n) is 5.41. The van der Waals surface area contributed by atoms with Gasteiger partial charge in [-0.3, -0.25) is 4.79 Å². The Balaban J connectivity index is 1.96. The van der Waals surface area contributed by atoms with Gasteiger partial charge < -0.3 is 9.47 Å². The lowest BCUT2D eigenvalue weighted by molar-refractivity contribution is 0.0718. The molecule has 0 aliphatic rings. The molecule has 0 spiro atoms. The van der Waals surface area contributed by atoms with Crippen LogP contribution in [-0.2, 0) is 28.7 Å². The predicted molar refractivity (Wildman–Crippen MR) is 135 cm³/mol. The number of carbonyl (C=O) groups is 1. The summed E-state index contributed by atoms with van der Waals surface area (Å²) in [5, 5.41) is 0.0642. The van der Waals surface area contributed by atoms with E-state index in [0.29, 0.717) is 25.2 Å². The van der Waals surface area contributed by atoms with Gasteiger partial charge in [0.1, 0.15) is 0 Å². The molecule has 7 heteroatoms. The minimum Gasteiger partial charge on any atom is -0.333 e. The number of amides is 1. The normalized spacial score (nSPS) is 11.9. The molecule has 0 unspecified atom stereocenters. The van der Waals surface area contributed by atoms with Gasteiger partial charge in [-0.05, 0) is 36.5 Å². The van der Waals surface area contributed by atoms with E-state index in [-0.39, 0.29) is 28.7 Å². The van der Waals surface area contributed by atoms with Crippen molar-refractivity contribution in [2.24, 2.45) is 11.8 Å². The van der Waals surface area contributed by atoms with Gasteiger partial charge in [0, 0.05) is 18.7 Å². The molecule has 0 aliphatic carbocycles. The zero-order valence-corrected chi connectivity index (χ0v) is 21.5. The minimum absolute atomic E-state index is 0.0642. The molecule has 182 valence electrons. The second-order valence-electron chi connectivity index (χ2n) is 9.73. The van der Waals surface area contributed by atoms with Gasteiger partial charge in [0.05, 0.1) is 24.2 Å². The predicted octanol–water partition coefficient (Wildman–Crippen LogP) is 5.12. The van der Waals surface area contributed by atoms with E-state index in [2.05, 4.69) is 18.8 Å². The average Bonchev–Trinajstić information content (AvgIpc) is 3.15. The Bertz CT molecular complexity index is 1210. The molecule has 3 aromatic rings. The summed E-state index contributed by atoms with van der Waals surface area (Å²) >= 11 is 0. The van der Waals surface area contributed by atoms with Crippen LogP contribution in [0.4, 0.5) is 0 Å². The number of hydrogen-bond donors (Lipinski definition) is 0. The van der Waals surface area contributed by atoms with Crippen LogP contribution in [0.15, 0.2) is 66.0 Å². The molecule has 34 heavy (non-hydrogen) atoms. The average molecular weight is 482 g/mol. The molecular weight excluding hydrogens is 446 g/mol. The molecule has 0 aliphatic heterocycles. The van der Waals surface area contributed by atoms with Gasteiger partial charge in [-0.2, -0.15) is 0 Å². The molecule has 0 saturated heterocycles. The molecule has 2 aromatic carbocycles. The van der Waals surface area contributed by atoms with Crippen LogP contribution in [-0.4, -0.2) is 35.3 Å². The maximum absolute atomic E-state index is 13.4. The van der Waals surface area contributed by atoms with E-state index in [4.69, 9.17) is 0 Å². The van der Waals surface area contributed by atoms with Gasteiger partial charge >= 0.3 is 0 Å². The standard InChI is InChI=1S/C27H35N3O3S/c1-20(2)16-29(26(31)24-12-7-6-8-13-24)18-25-15-28-27(30(25)17-21(3)4)34(32,33)19-23-11-9-10-22(5)14-23/h6-15,20-21H,16-19H2,1-5H3. The van der Waals surface area contributed by atoms with Gasteiger partial charge in [-0.15, -0.1) is 0 Å². The summed E-state index contributed by atoms with van der Waals surface area (Å²) < 4.78 is 28.5. The lowest BCUT2D eigenvalue weighted by Gasteiger charge is -2.26. The third kappa shape index (κ3) is 6.56. The maximum atomic E-state index is 13.4. The summed E-state index contributed by atoms with van der Waals surface area (Å²) in [5.74, 6) is 0.292. The van der Waals surface area contributed by atoms with Gasteiger partial charge in [0.25, 0.3) is 5.91 Å². The first-order chi connectivity index (χ1) is 16.1. The van der Waals surface area contributed by atoms with Crippen LogP contribution < -0.4 is 0 Å². The molecule has 3 rings (SSSR count). The SMILES string of the molecule is Cc1cccc(CS(=O)(=O)c2ncc(CN(CC(C)C)C(=O)c3ccccc3)n2CC(C)C)c1. The van der Waals surface area contributed by atoms with E-state index in [1.54, 1.807) is 27.8 Å². The second kappa shape index (κ2) is 11.0. The van der Waals surface area contributed by atoms with Crippen molar-refractivity contribution in [1.82, 2.24) is 14.5 Å². The van der Waals surface area contributed by atoms with Crippen molar-refractivity contribution in [3.05, 3.63) is 83.2 Å². The topological polar surface area (TPSA) is 72.3 Å². The largest absolute Gasteiger partial charge is 0.333 e. The van der Waals surface area contributed by atoms with Crippen LogP contribution in [0.5, 0.6) is 0 Å². The molecule has 1 amide bonds. The highest BCUT2D eigenvalue weighted by Gasteiger charge is 2.26. The van der Waals surface area contributed by atoms with Crippen molar-refractivity contribution in [3.8, 4) is 0 Å². The molecule has 6 nitrogen and oxygen atoms in total. The summed E-state index contributed by atoms with van der Waals surface area (Å²) in [6.07, 6.45) is 1.61. The minimum atomic E-state index is -3.67. The molecule has 0 fully saturated rings. The van der Waals surface area contributed by atoms with Gasteiger partial charge in [-0.25, -0.2) is 13.4 Å². The Kier molecular flexibility index (Phi) is 8.31. The second-order valence-corrected chi connectivity index (χ2v) is 11.6. The highest BCUT2D eigenvalue weighted by molar-refractivity contribution is 7.90. The van der Waals surface area contributed by atoms with Crippen LogP contribution >= 0.6 is 0 Å². The fraction of sp³-hybridized carbons (Fsp3) is 0.407. The number of benzene rings is 2. The molecule has 0 atom stereocenters. The lowest BCUT2D eigenvalue weighted by Crippen LogP contribution is -2.34. The Morgan fingerprint density at radius 2 is 1.71 bits per heavy atom. The molecular formula is C27H35N3O3S.